The minimum absolute atomic E-state index is 0.245. The van der Waals surface area contributed by atoms with Crippen molar-refractivity contribution in [2.24, 2.45) is 11.8 Å². The summed E-state index contributed by atoms with van der Waals surface area (Å²) in [5, 5.41) is 12.4. The van der Waals surface area contributed by atoms with Crippen LogP contribution in [0, 0.1) is 11.8 Å². The van der Waals surface area contributed by atoms with E-state index >= 15 is 0 Å². The van der Waals surface area contributed by atoms with Gasteiger partial charge in [0.2, 0.25) is 0 Å². The summed E-state index contributed by atoms with van der Waals surface area (Å²) < 4.78 is 0. The first kappa shape index (κ1) is 14.4. The lowest BCUT2D eigenvalue weighted by Crippen LogP contribution is -2.35. The molecule has 15 heavy (non-hydrogen) atoms. The fraction of sp³-hybridized carbons (Fsp3) is 0.917. The van der Waals surface area contributed by atoms with Crippen LogP contribution in [0.4, 0.5) is 0 Å². The molecule has 0 saturated carbocycles. The molecule has 0 bridgehead atoms. The lowest BCUT2D eigenvalue weighted by molar-refractivity contribution is -0.142. The molecule has 0 saturated heterocycles. The monoisotopic (exact) mass is 215 g/mol. The first-order chi connectivity index (χ1) is 7.01. The van der Waals surface area contributed by atoms with Gasteiger partial charge in [0.25, 0.3) is 0 Å². The van der Waals surface area contributed by atoms with Crippen LogP contribution < -0.4 is 5.32 Å². The van der Waals surface area contributed by atoms with E-state index in [1.165, 1.54) is 0 Å². The van der Waals surface area contributed by atoms with E-state index in [2.05, 4.69) is 33.0 Å². The van der Waals surface area contributed by atoms with Crippen LogP contribution in [0.25, 0.3) is 0 Å². The first-order valence-corrected chi connectivity index (χ1v) is 5.97. The number of aliphatic carboxylic acids is 1. The van der Waals surface area contributed by atoms with Gasteiger partial charge in [0.1, 0.15) is 0 Å². The molecule has 0 rings (SSSR count). The number of carbonyl (C=O) groups is 1. The highest BCUT2D eigenvalue weighted by Crippen LogP contribution is 2.11. The standard InChI is InChI=1S/C12H25NO2/c1-5-11(6-2)13-8-10(12(14)15)7-9(3)4/h9-11,13H,5-8H2,1-4H3,(H,14,15). The van der Waals surface area contributed by atoms with Crippen LogP contribution in [0.15, 0.2) is 0 Å². The van der Waals surface area contributed by atoms with E-state index in [9.17, 15) is 4.79 Å². The normalized spacial score (nSPS) is 13.5. The fourth-order valence-electron chi connectivity index (χ4n) is 1.73. The second kappa shape index (κ2) is 7.69. The second-order valence-electron chi connectivity index (χ2n) is 4.59. The molecule has 0 aromatic rings. The van der Waals surface area contributed by atoms with Crippen LogP contribution in [-0.2, 0) is 4.79 Å². The molecule has 2 N–H and O–H groups in total. The van der Waals surface area contributed by atoms with E-state index in [4.69, 9.17) is 5.11 Å². The summed E-state index contributed by atoms with van der Waals surface area (Å²) in [4.78, 5) is 11.0. The summed E-state index contributed by atoms with van der Waals surface area (Å²) in [5.74, 6) is -0.484. The number of nitrogens with one attached hydrogen (secondary N) is 1. The highest BCUT2D eigenvalue weighted by molar-refractivity contribution is 5.70. The molecule has 1 atom stereocenters. The molecule has 1 unspecified atom stereocenters. The number of hydrogen-bond donors (Lipinski definition) is 2. The molecule has 3 nitrogen and oxygen atoms in total. The topological polar surface area (TPSA) is 49.3 Å². The summed E-state index contributed by atoms with van der Waals surface area (Å²) in [6, 6.07) is 0.457. The van der Waals surface area contributed by atoms with Gasteiger partial charge in [-0.15, -0.1) is 0 Å². The Morgan fingerprint density at radius 1 is 1.27 bits per heavy atom. The zero-order valence-electron chi connectivity index (χ0n) is 10.4. The van der Waals surface area contributed by atoms with Crippen molar-refractivity contribution in [2.75, 3.05) is 6.54 Å². The summed E-state index contributed by atoms with van der Waals surface area (Å²) in [7, 11) is 0. The molecular weight excluding hydrogens is 190 g/mol. The van der Waals surface area contributed by atoms with Gasteiger partial charge in [0, 0.05) is 12.6 Å². The van der Waals surface area contributed by atoms with Gasteiger partial charge in [-0.25, -0.2) is 0 Å². The Balaban J connectivity index is 4.00. The SMILES string of the molecule is CCC(CC)NCC(CC(C)C)C(=O)O. The van der Waals surface area contributed by atoms with E-state index in [-0.39, 0.29) is 5.92 Å². The van der Waals surface area contributed by atoms with Crippen LogP contribution in [0.5, 0.6) is 0 Å². The Bertz CT molecular complexity index is 176. The Labute approximate surface area is 93.3 Å². The van der Waals surface area contributed by atoms with Crippen molar-refractivity contribution in [3.05, 3.63) is 0 Å². The van der Waals surface area contributed by atoms with Crippen molar-refractivity contribution in [3.63, 3.8) is 0 Å². The van der Waals surface area contributed by atoms with Gasteiger partial charge in [-0.1, -0.05) is 27.7 Å². The molecule has 0 aromatic carbocycles. The van der Waals surface area contributed by atoms with Crippen molar-refractivity contribution in [1.82, 2.24) is 5.32 Å². The largest absolute Gasteiger partial charge is 0.481 e. The summed E-state index contributed by atoms with van der Waals surface area (Å²) in [5.41, 5.74) is 0. The highest BCUT2D eigenvalue weighted by Gasteiger charge is 2.19. The van der Waals surface area contributed by atoms with Crippen molar-refractivity contribution < 1.29 is 9.90 Å². The Hall–Kier alpha value is -0.570. The van der Waals surface area contributed by atoms with Gasteiger partial charge in [-0.2, -0.15) is 0 Å². The molecule has 0 aromatic heterocycles. The molecule has 0 heterocycles. The number of carboxylic acid groups (broad SMARTS) is 1. The van der Waals surface area contributed by atoms with E-state index < -0.39 is 5.97 Å². The third kappa shape index (κ3) is 6.50. The van der Waals surface area contributed by atoms with E-state index in [1.54, 1.807) is 0 Å². The van der Waals surface area contributed by atoms with Crippen molar-refractivity contribution in [2.45, 2.75) is 53.0 Å². The van der Waals surface area contributed by atoms with Crippen LogP contribution in [-0.4, -0.2) is 23.7 Å². The average molecular weight is 215 g/mol. The molecule has 0 aliphatic carbocycles. The van der Waals surface area contributed by atoms with E-state index in [1.807, 2.05) is 0 Å². The van der Waals surface area contributed by atoms with E-state index in [0.717, 1.165) is 19.3 Å². The molecule has 90 valence electrons. The average Bonchev–Trinajstić information content (AvgIpc) is 2.16. The summed E-state index contributed by atoms with van der Waals surface area (Å²) in [6.45, 7) is 8.97. The minimum atomic E-state index is -0.679. The Morgan fingerprint density at radius 2 is 1.80 bits per heavy atom. The highest BCUT2D eigenvalue weighted by atomic mass is 16.4. The molecule has 0 spiro atoms. The lowest BCUT2D eigenvalue weighted by Gasteiger charge is -2.19. The maximum absolute atomic E-state index is 11.0. The number of carboxylic acids is 1. The number of rotatable bonds is 8. The Morgan fingerprint density at radius 3 is 2.13 bits per heavy atom. The first-order valence-electron chi connectivity index (χ1n) is 5.97. The van der Waals surface area contributed by atoms with Crippen LogP contribution in [0.2, 0.25) is 0 Å². The zero-order valence-corrected chi connectivity index (χ0v) is 10.4. The van der Waals surface area contributed by atoms with Gasteiger partial charge in [0.15, 0.2) is 0 Å². The molecule has 0 fully saturated rings. The molecule has 0 radical (unpaired) electrons. The second-order valence-corrected chi connectivity index (χ2v) is 4.59. The molecule has 0 aliphatic rings. The van der Waals surface area contributed by atoms with Crippen LogP contribution in [0.3, 0.4) is 0 Å². The van der Waals surface area contributed by atoms with Crippen LogP contribution in [0.1, 0.15) is 47.0 Å². The fourth-order valence-corrected chi connectivity index (χ4v) is 1.73. The van der Waals surface area contributed by atoms with Gasteiger partial charge >= 0.3 is 5.97 Å². The van der Waals surface area contributed by atoms with E-state index in [0.29, 0.717) is 18.5 Å². The summed E-state index contributed by atoms with van der Waals surface area (Å²) >= 11 is 0. The third-order valence-corrected chi connectivity index (χ3v) is 2.74. The van der Waals surface area contributed by atoms with Gasteiger partial charge < -0.3 is 10.4 Å². The van der Waals surface area contributed by atoms with Crippen LogP contribution >= 0.6 is 0 Å². The number of hydrogen-bond acceptors (Lipinski definition) is 2. The minimum Gasteiger partial charge on any atom is -0.481 e. The van der Waals surface area contributed by atoms with Crippen molar-refractivity contribution in [1.29, 1.82) is 0 Å². The smallest absolute Gasteiger partial charge is 0.307 e. The van der Waals surface area contributed by atoms with Crippen molar-refractivity contribution in [3.8, 4) is 0 Å². The maximum atomic E-state index is 11.0. The molecule has 0 aliphatic heterocycles. The molecule has 0 amide bonds. The lowest BCUT2D eigenvalue weighted by atomic mass is 9.96. The van der Waals surface area contributed by atoms with Crippen molar-refractivity contribution >= 4 is 5.97 Å². The molecular formula is C12H25NO2. The van der Waals surface area contributed by atoms with Gasteiger partial charge in [-0.3, -0.25) is 4.79 Å². The zero-order chi connectivity index (χ0) is 11.8. The predicted molar refractivity (Wildman–Crippen MR) is 63.0 cm³/mol. The summed E-state index contributed by atoms with van der Waals surface area (Å²) in [6.07, 6.45) is 2.87. The molecule has 3 heteroatoms. The predicted octanol–water partition coefficient (Wildman–Crippen LogP) is 2.51. The quantitative estimate of drug-likeness (QED) is 0.654. The van der Waals surface area contributed by atoms with Gasteiger partial charge in [-0.05, 0) is 25.2 Å². The maximum Gasteiger partial charge on any atom is 0.307 e. The third-order valence-electron chi connectivity index (χ3n) is 2.74. The van der Waals surface area contributed by atoms with Gasteiger partial charge in [0.05, 0.1) is 5.92 Å². The Kier molecular flexibility index (Phi) is 7.39.